The first-order valence-corrected chi connectivity index (χ1v) is 12.0. The van der Waals surface area contributed by atoms with Crippen molar-refractivity contribution in [2.75, 3.05) is 6.54 Å². The van der Waals surface area contributed by atoms with Gasteiger partial charge in [-0.3, -0.25) is 9.59 Å². The van der Waals surface area contributed by atoms with Crippen LogP contribution in [0.25, 0.3) is 0 Å². The van der Waals surface area contributed by atoms with Crippen LogP contribution in [0.4, 0.5) is 4.39 Å². The van der Waals surface area contributed by atoms with Crippen molar-refractivity contribution in [2.24, 2.45) is 0 Å². The Hall–Kier alpha value is -2.99. The van der Waals surface area contributed by atoms with Crippen molar-refractivity contribution >= 4 is 23.2 Å². The van der Waals surface area contributed by atoms with Crippen molar-refractivity contribution < 1.29 is 14.0 Å². The molecule has 0 saturated carbocycles. The van der Waals surface area contributed by atoms with E-state index in [1.54, 1.807) is 33.3 Å². The molecule has 0 bridgehead atoms. The molecule has 1 atom stereocenters. The van der Waals surface area contributed by atoms with Crippen LogP contribution in [0.3, 0.4) is 0 Å². The van der Waals surface area contributed by atoms with Crippen molar-refractivity contribution in [2.45, 2.75) is 53.2 Å². The lowest BCUT2D eigenvalue weighted by Gasteiger charge is -2.31. The molecule has 174 valence electrons. The van der Waals surface area contributed by atoms with Gasteiger partial charge < -0.3 is 9.80 Å². The molecule has 33 heavy (non-hydrogen) atoms. The number of rotatable bonds is 9. The second kappa shape index (κ2) is 11.2. The summed E-state index contributed by atoms with van der Waals surface area (Å²) in [6.45, 7) is 8.77. The molecule has 1 heterocycles. The van der Waals surface area contributed by atoms with E-state index in [2.05, 4.69) is 0 Å². The Bertz CT molecular complexity index is 1080. The molecular weight excluding hydrogens is 435 g/mol. The second-order valence-electron chi connectivity index (χ2n) is 8.44. The Balaban J connectivity index is 1.83. The summed E-state index contributed by atoms with van der Waals surface area (Å²) in [5, 5.41) is 0. The van der Waals surface area contributed by atoms with Gasteiger partial charge in [-0.2, -0.15) is 0 Å². The lowest BCUT2D eigenvalue weighted by Crippen LogP contribution is -2.46. The summed E-state index contributed by atoms with van der Waals surface area (Å²) in [6, 6.07) is 17.6. The molecule has 0 aliphatic carbocycles. The van der Waals surface area contributed by atoms with Gasteiger partial charge in [-0.05, 0) is 69.2 Å². The maximum Gasteiger partial charge on any atom is 0.254 e. The summed E-state index contributed by atoms with van der Waals surface area (Å²) < 4.78 is 13.4. The van der Waals surface area contributed by atoms with E-state index in [1.807, 2.05) is 64.1 Å². The van der Waals surface area contributed by atoms with E-state index in [-0.39, 0.29) is 30.2 Å². The molecule has 0 aliphatic rings. The number of aryl methyl sites for hydroxylation is 2. The molecule has 2 aromatic carbocycles. The van der Waals surface area contributed by atoms with E-state index >= 15 is 0 Å². The number of hydrogen-bond acceptors (Lipinski definition) is 3. The van der Waals surface area contributed by atoms with E-state index in [9.17, 15) is 14.0 Å². The molecule has 0 radical (unpaired) electrons. The van der Waals surface area contributed by atoms with Crippen LogP contribution in [-0.2, 0) is 17.9 Å². The molecule has 0 N–H and O–H groups in total. The van der Waals surface area contributed by atoms with Gasteiger partial charge in [0.1, 0.15) is 12.4 Å². The number of nitrogens with zero attached hydrogens (tertiary/aromatic N) is 2. The van der Waals surface area contributed by atoms with Gasteiger partial charge in [0.2, 0.25) is 5.91 Å². The van der Waals surface area contributed by atoms with E-state index in [0.29, 0.717) is 18.7 Å². The zero-order valence-electron chi connectivity index (χ0n) is 19.7. The predicted molar refractivity (Wildman–Crippen MR) is 132 cm³/mol. The Morgan fingerprint density at radius 2 is 1.61 bits per heavy atom. The quantitative estimate of drug-likeness (QED) is 0.390. The van der Waals surface area contributed by atoms with Gasteiger partial charge in [0.05, 0.1) is 6.54 Å². The molecule has 1 aromatic heterocycles. The molecule has 6 heteroatoms. The molecule has 0 fully saturated rings. The third kappa shape index (κ3) is 6.75. The third-order valence-electron chi connectivity index (χ3n) is 5.77. The standard InChI is InChI=1S/C27H31FN2O2S/c1-5-20(3)30(27(32)23-11-6-19(2)7-12-23)18-26(31)29(17-25-15-8-21(4)33-25)16-22-9-13-24(28)14-10-22/h6-15,20H,5,16-18H2,1-4H3/t20-/m0/s1. The zero-order valence-corrected chi connectivity index (χ0v) is 20.5. The molecule has 0 unspecified atom stereocenters. The van der Waals surface area contributed by atoms with E-state index in [0.717, 1.165) is 22.4 Å². The van der Waals surface area contributed by atoms with Crippen LogP contribution in [0.15, 0.2) is 60.7 Å². The minimum atomic E-state index is -0.308. The van der Waals surface area contributed by atoms with Gasteiger partial charge in [0, 0.05) is 27.9 Å². The summed E-state index contributed by atoms with van der Waals surface area (Å²) in [4.78, 5) is 32.4. The Kier molecular flexibility index (Phi) is 8.39. The highest BCUT2D eigenvalue weighted by atomic mass is 32.1. The fourth-order valence-corrected chi connectivity index (χ4v) is 4.46. The van der Waals surface area contributed by atoms with Crippen molar-refractivity contribution in [1.82, 2.24) is 9.80 Å². The van der Waals surface area contributed by atoms with Crippen LogP contribution in [0, 0.1) is 19.7 Å². The van der Waals surface area contributed by atoms with Gasteiger partial charge in [-0.25, -0.2) is 4.39 Å². The minimum Gasteiger partial charge on any atom is -0.332 e. The lowest BCUT2D eigenvalue weighted by atomic mass is 10.1. The van der Waals surface area contributed by atoms with E-state index in [4.69, 9.17) is 0 Å². The van der Waals surface area contributed by atoms with Gasteiger partial charge in [-0.15, -0.1) is 11.3 Å². The minimum absolute atomic E-state index is 0.00668. The summed E-state index contributed by atoms with van der Waals surface area (Å²) in [5.74, 6) is -0.588. The first-order valence-electron chi connectivity index (χ1n) is 11.2. The molecule has 4 nitrogen and oxygen atoms in total. The van der Waals surface area contributed by atoms with Crippen molar-refractivity contribution in [3.8, 4) is 0 Å². The Labute approximate surface area is 199 Å². The number of halogens is 1. The van der Waals surface area contributed by atoms with Crippen LogP contribution >= 0.6 is 11.3 Å². The molecule has 0 aliphatic heterocycles. The van der Waals surface area contributed by atoms with Gasteiger partial charge >= 0.3 is 0 Å². The zero-order chi connectivity index (χ0) is 24.0. The number of carbonyl (C=O) groups excluding carboxylic acids is 2. The summed E-state index contributed by atoms with van der Waals surface area (Å²) in [6.07, 6.45) is 0.743. The monoisotopic (exact) mass is 466 g/mol. The number of benzene rings is 2. The molecule has 0 spiro atoms. The van der Waals surface area contributed by atoms with E-state index < -0.39 is 0 Å². The smallest absolute Gasteiger partial charge is 0.254 e. The number of thiophene rings is 1. The molecule has 0 saturated heterocycles. The lowest BCUT2D eigenvalue weighted by molar-refractivity contribution is -0.133. The maximum absolute atomic E-state index is 13.5. The SMILES string of the molecule is CC[C@H](C)N(CC(=O)N(Cc1ccc(F)cc1)Cc1ccc(C)s1)C(=O)c1ccc(C)cc1. The van der Waals surface area contributed by atoms with E-state index in [1.165, 1.54) is 17.0 Å². The van der Waals surface area contributed by atoms with Crippen molar-refractivity contribution in [1.29, 1.82) is 0 Å². The van der Waals surface area contributed by atoms with Gasteiger partial charge in [0.15, 0.2) is 0 Å². The predicted octanol–water partition coefficient (Wildman–Crippen LogP) is 5.97. The largest absolute Gasteiger partial charge is 0.332 e. The summed E-state index contributed by atoms with van der Waals surface area (Å²) in [5.41, 5.74) is 2.50. The summed E-state index contributed by atoms with van der Waals surface area (Å²) >= 11 is 1.65. The first-order chi connectivity index (χ1) is 15.8. The fraction of sp³-hybridized carbons (Fsp3) is 0.333. The average Bonchev–Trinajstić information content (AvgIpc) is 3.22. The molecule has 3 aromatic rings. The summed E-state index contributed by atoms with van der Waals surface area (Å²) in [7, 11) is 0. The number of hydrogen-bond donors (Lipinski definition) is 0. The van der Waals surface area contributed by atoms with Crippen LogP contribution in [0.1, 0.15) is 51.5 Å². The highest BCUT2D eigenvalue weighted by molar-refractivity contribution is 7.11. The average molecular weight is 467 g/mol. The van der Waals surface area contributed by atoms with Crippen LogP contribution in [0.5, 0.6) is 0 Å². The van der Waals surface area contributed by atoms with Crippen molar-refractivity contribution in [3.05, 3.63) is 92.9 Å². The first kappa shape index (κ1) is 24.6. The molecule has 2 amide bonds. The van der Waals surface area contributed by atoms with Crippen molar-refractivity contribution in [3.63, 3.8) is 0 Å². The second-order valence-corrected chi connectivity index (χ2v) is 9.82. The highest BCUT2D eigenvalue weighted by Crippen LogP contribution is 2.20. The molecular formula is C27H31FN2O2S. The van der Waals surface area contributed by atoms with Crippen LogP contribution in [0.2, 0.25) is 0 Å². The Morgan fingerprint density at radius 3 is 2.18 bits per heavy atom. The third-order valence-corrected chi connectivity index (χ3v) is 6.76. The normalized spacial score (nSPS) is 11.8. The van der Waals surface area contributed by atoms with Crippen LogP contribution in [-0.4, -0.2) is 34.2 Å². The number of amides is 2. The van der Waals surface area contributed by atoms with Crippen LogP contribution < -0.4 is 0 Å². The fourth-order valence-electron chi connectivity index (χ4n) is 3.56. The van der Waals surface area contributed by atoms with Gasteiger partial charge in [0.25, 0.3) is 5.91 Å². The molecule has 3 rings (SSSR count). The maximum atomic E-state index is 13.5. The topological polar surface area (TPSA) is 40.6 Å². The Morgan fingerprint density at radius 1 is 0.939 bits per heavy atom. The van der Waals surface area contributed by atoms with Gasteiger partial charge in [-0.1, -0.05) is 36.8 Å². The number of carbonyl (C=O) groups is 2. The highest BCUT2D eigenvalue weighted by Gasteiger charge is 2.26.